The number of fused-ring (bicyclic) bond motifs is 1. The first-order valence-corrected chi connectivity index (χ1v) is 7.41. The van der Waals surface area contributed by atoms with Crippen molar-refractivity contribution in [3.63, 3.8) is 0 Å². The van der Waals surface area contributed by atoms with E-state index in [-0.39, 0.29) is 18.1 Å². The van der Waals surface area contributed by atoms with Gasteiger partial charge in [0.2, 0.25) is 5.91 Å². The van der Waals surface area contributed by atoms with E-state index in [9.17, 15) is 9.90 Å². The zero-order chi connectivity index (χ0) is 16.9. The van der Waals surface area contributed by atoms with Crippen LogP contribution in [0, 0.1) is 0 Å². The minimum Gasteiger partial charge on any atom is -0.504 e. The minimum atomic E-state index is -0.214. The third-order valence-corrected chi connectivity index (χ3v) is 3.63. The van der Waals surface area contributed by atoms with Gasteiger partial charge in [0.05, 0.1) is 19.7 Å². The number of benzene rings is 2. The molecule has 2 aromatic carbocycles. The van der Waals surface area contributed by atoms with E-state index in [1.165, 1.54) is 19.4 Å². The maximum atomic E-state index is 12.0. The van der Waals surface area contributed by atoms with Crippen molar-refractivity contribution in [3.8, 4) is 11.5 Å². The number of amides is 1. The number of nitrogens with zero attached hydrogens (tertiary/aromatic N) is 1. The summed E-state index contributed by atoms with van der Waals surface area (Å²) in [6, 6.07) is 12.7. The van der Waals surface area contributed by atoms with E-state index in [0.29, 0.717) is 11.3 Å². The third kappa shape index (κ3) is 3.38. The molecule has 0 aliphatic carbocycles. The molecule has 0 atom stereocenters. The van der Waals surface area contributed by atoms with Crippen LogP contribution < -0.4 is 10.2 Å². The van der Waals surface area contributed by atoms with Gasteiger partial charge in [-0.3, -0.25) is 4.79 Å². The van der Waals surface area contributed by atoms with Crippen molar-refractivity contribution in [3.05, 3.63) is 59.8 Å². The fourth-order valence-electron chi connectivity index (χ4n) is 2.46. The highest BCUT2D eigenvalue weighted by Crippen LogP contribution is 2.25. The van der Waals surface area contributed by atoms with Crippen molar-refractivity contribution in [2.75, 3.05) is 7.11 Å². The summed E-state index contributed by atoms with van der Waals surface area (Å²) in [4.78, 5) is 15.1. The lowest BCUT2D eigenvalue weighted by Gasteiger charge is -2.03. The quantitative estimate of drug-likeness (QED) is 0.498. The van der Waals surface area contributed by atoms with E-state index in [4.69, 9.17) is 4.74 Å². The summed E-state index contributed by atoms with van der Waals surface area (Å²) in [5.74, 6) is 0.191. The number of aromatic hydroxyl groups is 1. The van der Waals surface area contributed by atoms with Gasteiger partial charge in [0.25, 0.3) is 0 Å². The average Bonchev–Trinajstić information content (AvgIpc) is 2.98. The Morgan fingerprint density at radius 3 is 2.96 bits per heavy atom. The van der Waals surface area contributed by atoms with Crippen LogP contribution in [0.1, 0.15) is 11.1 Å². The molecular weight excluding hydrogens is 306 g/mol. The Morgan fingerprint density at radius 2 is 2.17 bits per heavy atom. The standard InChI is InChI=1S/C18H17N3O3/c1-24-17-7-6-12(8-16(17)22)10-20-21-18(23)9-13-11-19-15-5-3-2-4-14(13)15/h2-8,10-11,19,22H,9H2,1H3,(H,21,23)/b20-10+. The van der Waals surface area contributed by atoms with Gasteiger partial charge >= 0.3 is 0 Å². The van der Waals surface area contributed by atoms with E-state index in [0.717, 1.165) is 16.5 Å². The van der Waals surface area contributed by atoms with Crippen molar-refractivity contribution in [1.82, 2.24) is 10.4 Å². The highest BCUT2D eigenvalue weighted by molar-refractivity contribution is 5.89. The van der Waals surface area contributed by atoms with Gasteiger partial charge in [0, 0.05) is 17.1 Å². The smallest absolute Gasteiger partial charge is 0.244 e. The van der Waals surface area contributed by atoms with Gasteiger partial charge in [-0.2, -0.15) is 5.10 Å². The number of nitrogens with one attached hydrogen (secondary N) is 2. The Balaban J connectivity index is 1.62. The first-order chi connectivity index (χ1) is 11.7. The van der Waals surface area contributed by atoms with E-state index in [2.05, 4.69) is 15.5 Å². The average molecular weight is 323 g/mol. The van der Waals surface area contributed by atoms with E-state index in [1.54, 1.807) is 12.1 Å². The number of H-pyrrole nitrogens is 1. The number of rotatable bonds is 5. The summed E-state index contributed by atoms with van der Waals surface area (Å²) >= 11 is 0. The molecule has 3 N–H and O–H groups in total. The number of ether oxygens (including phenoxy) is 1. The molecule has 0 spiro atoms. The summed E-state index contributed by atoms with van der Waals surface area (Å²) in [6.07, 6.45) is 3.52. The van der Waals surface area contributed by atoms with Crippen molar-refractivity contribution >= 4 is 23.0 Å². The lowest BCUT2D eigenvalue weighted by atomic mass is 10.1. The largest absolute Gasteiger partial charge is 0.504 e. The lowest BCUT2D eigenvalue weighted by molar-refractivity contribution is -0.120. The number of carbonyl (C=O) groups excluding carboxylic acids is 1. The summed E-state index contributed by atoms with van der Waals surface area (Å²) in [7, 11) is 1.48. The predicted octanol–water partition coefficient (Wildman–Crippen LogP) is 2.57. The summed E-state index contributed by atoms with van der Waals surface area (Å²) in [5, 5.41) is 14.6. The van der Waals surface area contributed by atoms with Crippen LogP contribution >= 0.6 is 0 Å². The summed E-state index contributed by atoms with van der Waals surface area (Å²) in [5.41, 5.74) is 5.05. The van der Waals surface area contributed by atoms with E-state index >= 15 is 0 Å². The zero-order valence-electron chi connectivity index (χ0n) is 13.1. The molecule has 122 valence electrons. The van der Waals surface area contributed by atoms with Crippen LogP contribution in [0.3, 0.4) is 0 Å². The van der Waals surface area contributed by atoms with Crippen LogP contribution in [-0.2, 0) is 11.2 Å². The van der Waals surface area contributed by atoms with Crippen LogP contribution in [0.5, 0.6) is 11.5 Å². The Morgan fingerprint density at radius 1 is 1.33 bits per heavy atom. The molecule has 0 fully saturated rings. The third-order valence-electron chi connectivity index (χ3n) is 3.63. The van der Waals surface area contributed by atoms with E-state index < -0.39 is 0 Å². The molecule has 0 aliphatic rings. The normalized spacial score (nSPS) is 11.0. The first kappa shape index (κ1) is 15.6. The molecule has 0 unspecified atom stereocenters. The van der Waals surface area contributed by atoms with Gasteiger partial charge in [-0.15, -0.1) is 0 Å². The molecule has 3 aromatic rings. The summed E-state index contributed by atoms with van der Waals surface area (Å²) in [6.45, 7) is 0. The van der Waals surface area contributed by atoms with E-state index in [1.807, 2.05) is 30.5 Å². The number of para-hydroxylation sites is 1. The molecule has 0 saturated carbocycles. The second kappa shape index (κ2) is 6.87. The van der Waals surface area contributed by atoms with Gasteiger partial charge in [-0.05, 0) is 35.4 Å². The van der Waals surface area contributed by atoms with Crippen LogP contribution in [-0.4, -0.2) is 29.3 Å². The molecule has 0 saturated heterocycles. The zero-order valence-corrected chi connectivity index (χ0v) is 13.1. The number of hydrogen-bond donors (Lipinski definition) is 3. The lowest BCUT2D eigenvalue weighted by Crippen LogP contribution is -2.19. The Labute approximate surface area is 138 Å². The van der Waals surface area contributed by atoms with Crippen molar-refractivity contribution < 1.29 is 14.6 Å². The number of aromatic nitrogens is 1. The molecule has 24 heavy (non-hydrogen) atoms. The molecule has 0 bridgehead atoms. The number of hydrogen-bond acceptors (Lipinski definition) is 4. The molecule has 0 radical (unpaired) electrons. The van der Waals surface area contributed by atoms with Gasteiger partial charge in [-0.25, -0.2) is 5.43 Å². The van der Waals surface area contributed by atoms with Crippen molar-refractivity contribution in [2.45, 2.75) is 6.42 Å². The number of phenols is 1. The number of phenolic OH excluding ortho intramolecular Hbond substituents is 1. The van der Waals surface area contributed by atoms with Crippen molar-refractivity contribution in [1.29, 1.82) is 0 Å². The van der Waals surface area contributed by atoms with Gasteiger partial charge in [0.15, 0.2) is 11.5 Å². The number of methoxy groups -OCH3 is 1. The van der Waals surface area contributed by atoms with Gasteiger partial charge < -0.3 is 14.8 Å². The molecule has 0 aliphatic heterocycles. The topological polar surface area (TPSA) is 86.7 Å². The molecule has 6 nitrogen and oxygen atoms in total. The predicted molar refractivity (Wildman–Crippen MR) is 92.4 cm³/mol. The fourth-order valence-corrected chi connectivity index (χ4v) is 2.46. The molecule has 1 heterocycles. The second-order valence-electron chi connectivity index (χ2n) is 5.26. The Hall–Kier alpha value is -3.28. The Kier molecular flexibility index (Phi) is 4.47. The van der Waals surface area contributed by atoms with Crippen LogP contribution in [0.4, 0.5) is 0 Å². The maximum absolute atomic E-state index is 12.0. The maximum Gasteiger partial charge on any atom is 0.244 e. The van der Waals surface area contributed by atoms with Crippen molar-refractivity contribution in [2.24, 2.45) is 5.10 Å². The molecule has 6 heteroatoms. The minimum absolute atomic E-state index is 0.0200. The Bertz CT molecular complexity index is 899. The highest BCUT2D eigenvalue weighted by atomic mass is 16.5. The molecule has 3 rings (SSSR count). The number of carbonyl (C=O) groups is 1. The van der Waals surface area contributed by atoms with Crippen LogP contribution in [0.2, 0.25) is 0 Å². The molecule has 1 aromatic heterocycles. The van der Waals surface area contributed by atoms with Gasteiger partial charge in [0.1, 0.15) is 0 Å². The van der Waals surface area contributed by atoms with Crippen LogP contribution in [0.15, 0.2) is 53.8 Å². The monoisotopic (exact) mass is 323 g/mol. The fraction of sp³-hybridized carbons (Fsp3) is 0.111. The SMILES string of the molecule is COc1ccc(/C=N/NC(=O)Cc2c[nH]c3ccccc23)cc1O. The second-order valence-corrected chi connectivity index (χ2v) is 5.26. The summed E-state index contributed by atoms with van der Waals surface area (Å²) < 4.78 is 4.97. The highest BCUT2D eigenvalue weighted by Gasteiger charge is 2.07. The number of hydrazone groups is 1. The van der Waals surface area contributed by atoms with Crippen LogP contribution in [0.25, 0.3) is 10.9 Å². The molecule has 1 amide bonds. The first-order valence-electron chi connectivity index (χ1n) is 7.41. The van der Waals surface area contributed by atoms with Gasteiger partial charge in [-0.1, -0.05) is 18.2 Å². The number of aromatic amines is 1. The molecular formula is C18H17N3O3.